The van der Waals surface area contributed by atoms with Crippen LogP contribution in [0.2, 0.25) is 0 Å². The predicted octanol–water partition coefficient (Wildman–Crippen LogP) is 4.18. The molecule has 0 unspecified atom stereocenters. The van der Waals surface area contributed by atoms with Crippen LogP contribution >= 0.6 is 0 Å². The van der Waals surface area contributed by atoms with Crippen LogP contribution in [0.1, 0.15) is 61.9 Å². The van der Waals surface area contributed by atoms with Crippen molar-refractivity contribution in [1.82, 2.24) is 0 Å². The molecule has 1 nitrogen and oxygen atoms in total. The Morgan fingerprint density at radius 2 is 1.69 bits per heavy atom. The summed E-state index contributed by atoms with van der Waals surface area (Å²) in [5.74, 6) is 0.978. The number of ketones is 1. The highest BCUT2D eigenvalue weighted by Gasteiger charge is 2.24. The van der Waals surface area contributed by atoms with Crippen LogP contribution < -0.4 is 0 Å². The van der Waals surface area contributed by atoms with Gasteiger partial charge in [0.2, 0.25) is 0 Å². The zero-order chi connectivity index (χ0) is 11.8. The fraction of sp³-hybridized carbons (Fsp3) is 0.533. The lowest BCUT2D eigenvalue weighted by Crippen LogP contribution is -2.20. The van der Waals surface area contributed by atoms with Crippen molar-refractivity contribution >= 4 is 5.78 Å². The van der Waals surface area contributed by atoms with Gasteiger partial charge in [-0.15, -0.1) is 0 Å². The number of carbonyl (C=O) groups excluding carboxylic acids is 1. The number of carbonyl (C=O) groups is 1. The number of benzene rings is 1. The van der Waals surface area contributed by atoms with E-state index >= 15 is 0 Å². The first-order chi connectivity index (χ1) is 7.48. The average Bonchev–Trinajstić information content (AvgIpc) is 2.14. The van der Waals surface area contributed by atoms with Gasteiger partial charge in [-0.25, -0.2) is 0 Å². The molecule has 1 fully saturated rings. The maximum absolute atomic E-state index is 12.0. The molecule has 0 radical (unpaired) electrons. The zero-order valence-corrected chi connectivity index (χ0v) is 10.4. The van der Waals surface area contributed by atoms with Crippen molar-refractivity contribution in [3.8, 4) is 0 Å². The molecule has 1 aliphatic carbocycles. The number of hydrogen-bond acceptors (Lipinski definition) is 1. The van der Waals surface area contributed by atoms with Crippen molar-refractivity contribution in [3.63, 3.8) is 0 Å². The molecule has 0 aliphatic heterocycles. The van der Waals surface area contributed by atoms with Gasteiger partial charge >= 0.3 is 0 Å². The fourth-order valence-electron chi connectivity index (χ4n) is 2.08. The molecule has 2 rings (SSSR count). The van der Waals surface area contributed by atoms with Crippen LogP contribution in [0.4, 0.5) is 0 Å². The molecule has 0 spiro atoms. The van der Waals surface area contributed by atoms with Gasteiger partial charge in [-0.05, 0) is 24.3 Å². The van der Waals surface area contributed by atoms with E-state index in [4.69, 9.17) is 0 Å². The van der Waals surface area contributed by atoms with E-state index in [-0.39, 0.29) is 11.2 Å². The SMILES string of the molecule is CC(C)(C)C(=O)c1ccc(C2CCC2)cc1. The lowest BCUT2D eigenvalue weighted by atomic mass is 9.79. The summed E-state index contributed by atoms with van der Waals surface area (Å²) in [5.41, 5.74) is 1.96. The van der Waals surface area contributed by atoms with Crippen molar-refractivity contribution in [2.24, 2.45) is 5.41 Å². The molecule has 1 heteroatoms. The molecule has 16 heavy (non-hydrogen) atoms. The van der Waals surface area contributed by atoms with Crippen LogP contribution in [0.3, 0.4) is 0 Å². The van der Waals surface area contributed by atoms with E-state index < -0.39 is 0 Å². The van der Waals surface area contributed by atoms with Gasteiger partial charge in [0.1, 0.15) is 0 Å². The second kappa shape index (κ2) is 4.04. The lowest BCUT2D eigenvalue weighted by Gasteiger charge is -2.26. The maximum Gasteiger partial charge on any atom is 0.168 e. The minimum Gasteiger partial charge on any atom is -0.294 e. The molecule has 1 aliphatic rings. The quantitative estimate of drug-likeness (QED) is 0.678. The summed E-state index contributed by atoms with van der Waals surface area (Å²) in [4.78, 5) is 12.0. The van der Waals surface area contributed by atoms with E-state index in [1.165, 1.54) is 24.8 Å². The molecule has 86 valence electrons. The van der Waals surface area contributed by atoms with Gasteiger partial charge in [0.25, 0.3) is 0 Å². The third kappa shape index (κ3) is 2.18. The van der Waals surface area contributed by atoms with E-state index in [9.17, 15) is 4.79 Å². The first-order valence-electron chi connectivity index (χ1n) is 6.13. The Kier molecular flexibility index (Phi) is 2.88. The standard InChI is InChI=1S/C15H20O/c1-15(2,3)14(16)13-9-7-12(8-10-13)11-5-4-6-11/h7-11H,4-6H2,1-3H3. The minimum atomic E-state index is -0.280. The molecule has 0 aromatic heterocycles. The molecule has 0 N–H and O–H groups in total. The highest BCUT2D eigenvalue weighted by Crippen LogP contribution is 2.36. The van der Waals surface area contributed by atoms with Crippen LogP contribution in [0.15, 0.2) is 24.3 Å². The van der Waals surface area contributed by atoms with Crippen LogP contribution in [0.25, 0.3) is 0 Å². The molecule has 0 saturated heterocycles. The second-order valence-electron chi connectivity index (χ2n) is 5.83. The van der Waals surface area contributed by atoms with Crippen molar-refractivity contribution in [1.29, 1.82) is 0 Å². The third-order valence-corrected chi connectivity index (χ3v) is 3.43. The largest absolute Gasteiger partial charge is 0.294 e. The molecular formula is C15H20O. The van der Waals surface area contributed by atoms with Gasteiger partial charge in [-0.2, -0.15) is 0 Å². The Bertz CT molecular complexity index is 377. The first-order valence-corrected chi connectivity index (χ1v) is 6.13. The van der Waals surface area contributed by atoms with Crippen LogP contribution in [-0.2, 0) is 0 Å². The highest BCUT2D eigenvalue weighted by atomic mass is 16.1. The van der Waals surface area contributed by atoms with E-state index in [0.717, 1.165) is 11.5 Å². The molecule has 0 heterocycles. The Hall–Kier alpha value is -1.11. The van der Waals surface area contributed by atoms with Crippen molar-refractivity contribution in [3.05, 3.63) is 35.4 Å². The summed E-state index contributed by atoms with van der Waals surface area (Å²) in [7, 11) is 0. The van der Waals surface area contributed by atoms with Gasteiger partial charge in [0.05, 0.1) is 0 Å². The van der Waals surface area contributed by atoms with Crippen LogP contribution in [0.5, 0.6) is 0 Å². The monoisotopic (exact) mass is 216 g/mol. The van der Waals surface area contributed by atoms with Gasteiger partial charge in [-0.3, -0.25) is 4.79 Å². The maximum atomic E-state index is 12.0. The molecule has 1 aromatic rings. The number of rotatable bonds is 2. The minimum absolute atomic E-state index is 0.229. The number of hydrogen-bond donors (Lipinski definition) is 0. The Balaban J connectivity index is 2.15. The summed E-state index contributed by atoms with van der Waals surface area (Å²) in [6.07, 6.45) is 3.98. The normalized spacial score (nSPS) is 16.9. The smallest absolute Gasteiger partial charge is 0.168 e. The molecule has 0 bridgehead atoms. The number of Topliss-reactive ketones (excluding diaryl/α,β-unsaturated/α-hetero) is 1. The molecule has 0 atom stereocenters. The fourth-order valence-corrected chi connectivity index (χ4v) is 2.08. The predicted molar refractivity (Wildman–Crippen MR) is 66.8 cm³/mol. The Morgan fingerprint density at radius 1 is 1.12 bits per heavy atom. The summed E-state index contributed by atoms with van der Waals surface area (Å²) in [5, 5.41) is 0. The topological polar surface area (TPSA) is 17.1 Å². The summed E-state index contributed by atoms with van der Waals surface area (Å²) in [6.45, 7) is 5.90. The van der Waals surface area contributed by atoms with Crippen molar-refractivity contribution < 1.29 is 4.79 Å². The van der Waals surface area contributed by atoms with Crippen molar-refractivity contribution in [2.75, 3.05) is 0 Å². The Morgan fingerprint density at radius 3 is 2.06 bits per heavy atom. The van der Waals surface area contributed by atoms with E-state index in [0.29, 0.717) is 0 Å². The zero-order valence-electron chi connectivity index (χ0n) is 10.4. The van der Waals surface area contributed by atoms with Gasteiger partial charge in [-0.1, -0.05) is 51.5 Å². The summed E-state index contributed by atoms with van der Waals surface area (Å²) >= 11 is 0. The highest BCUT2D eigenvalue weighted by molar-refractivity contribution is 5.99. The van der Waals surface area contributed by atoms with E-state index in [1.807, 2.05) is 32.9 Å². The second-order valence-corrected chi connectivity index (χ2v) is 5.83. The lowest BCUT2D eigenvalue weighted by molar-refractivity contribution is 0.0858. The third-order valence-electron chi connectivity index (χ3n) is 3.43. The average molecular weight is 216 g/mol. The van der Waals surface area contributed by atoms with E-state index in [2.05, 4.69) is 12.1 Å². The summed E-state index contributed by atoms with van der Waals surface area (Å²) < 4.78 is 0. The molecular weight excluding hydrogens is 196 g/mol. The van der Waals surface area contributed by atoms with Crippen LogP contribution in [0, 0.1) is 5.41 Å². The molecule has 0 amide bonds. The Labute approximate surface area is 97.9 Å². The van der Waals surface area contributed by atoms with Crippen LogP contribution in [-0.4, -0.2) is 5.78 Å². The molecule has 1 aromatic carbocycles. The molecule has 1 saturated carbocycles. The summed E-state index contributed by atoms with van der Waals surface area (Å²) in [6, 6.07) is 8.23. The van der Waals surface area contributed by atoms with E-state index in [1.54, 1.807) is 0 Å². The van der Waals surface area contributed by atoms with Gasteiger partial charge < -0.3 is 0 Å². The first kappa shape index (κ1) is 11.4. The van der Waals surface area contributed by atoms with Gasteiger partial charge in [0, 0.05) is 11.0 Å². The van der Waals surface area contributed by atoms with Gasteiger partial charge in [0.15, 0.2) is 5.78 Å². The van der Waals surface area contributed by atoms with Crippen molar-refractivity contribution in [2.45, 2.75) is 46.0 Å².